The van der Waals surface area contributed by atoms with Gasteiger partial charge in [0.05, 0.1) is 19.8 Å². The molecule has 0 N–H and O–H groups in total. The van der Waals surface area contributed by atoms with Crippen molar-refractivity contribution in [3.8, 4) is 0 Å². The maximum Gasteiger partial charge on any atom is 0.264 e. The van der Waals surface area contributed by atoms with E-state index in [2.05, 4.69) is 0 Å². The van der Waals surface area contributed by atoms with Gasteiger partial charge in [-0.1, -0.05) is 20.8 Å². The molecule has 1 rings (SSSR count). The van der Waals surface area contributed by atoms with Crippen molar-refractivity contribution < 1.29 is 23.4 Å². The van der Waals surface area contributed by atoms with E-state index < -0.39 is 34.5 Å². The summed E-state index contributed by atoms with van der Waals surface area (Å²) in [4.78, 5) is 0. The second-order valence-electron chi connectivity index (χ2n) is 4.64. The van der Waals surface area contributed by atoms with Crippen molar-refractivity contribution in [2.75, 3.05) is 19.9 Å². The molecule has 0 aromatic rings. The second-order valence-corrected chi connectivity index (χ2v) is 6.24. The Balaban J connectivity index is 3.08. The first-order chi connectivity index (χ1) is 8.18. The van der Waals surface area contributed by atoms with Gasteiger partial charge in [-0.3, -0.25) is 4.18 Å². The molecular weight excluding hydrogens is 244 g/mol. The van der Waals surface area contributed by atoms with Crippen LogP contribution in [0.1, 0.15) is 28.6 Å². The van der Waals surface area contributed by atoms with Crippen molar-refractivity contribution >= 4 is 10.1 Å². The normalized spacial score (nSPS) is 39.6. The molecular formula is C11H22O5S. The lowest BCUT2D eigenvalue weighted by Gasteiger charge is -2.37. The van der Waals surface area contributed by atoms with E-state index in [4.69, 9.17) is 15.0 Å². The number of hydrogen-bond acceptors (Lipinski definition) is 5. The van der Waals surface area contributed by atoms with Crippen LogP contribution in [0, 0.1) is 5.92 Å². The van der Waals surface area contributed by atoms with E-state index in [1.165, 1.54) is 7.11 Å². The summed E-state index contributed by atoms with van der Waals surface area (Å²) in [6.45, 7) is 4.80. The Morgan fingerprint density at radius 1 is 1.59 bits per heavy atom. The summed E-state index contributed by atoms with van der Waals surface area (Å²) >= 11 is 0. The molecule has 5 nitrogen and oxygen atoms in total. The number of rotatable bonds is 5. The second kappa shape index (κ2) is 5.22. The molecule has 0 spiro atoms. The van der Waals surface area contributed by atoms with Gasteiger partial charge >= 0.3 is 0 Å². The molecule has 0 unspecified atom stereocenters. The highest BCUT2D eigenvalue weighted by molar-refractivity contribution is 7.86. The molecule has 0 amide bonds. The SMILES string of the molecule is [3H][C@@H]1O[C@@](CC)(C(C)C)[C@@H](OC)[C@H]1OS(C)(=O)=O. The average molecular weight is 268 g/mol. The summed E-state index contributed by atoms with van der Waals surface area (Å²) in [6, 6.07) is 0. The Labute approximate surface area is 105 Å². The van der Waals surface area contributed by atoms with Crippen LogP contribution >= 0.6 is 0 Å². The van der Waals surface area contributed by atoms with Gasteiger partial charge in [-0.05, 0) is 12.3 Å². The van der Waals surface area contributed by atoms with Gasteiger partial charge in [0.2, 0.25) is 0 Å². The quantitative estimate of drug-likeness (QED) is 0.701. The Morgan fingerprint density at radius 3 is 2.53 bits per heavy atom. The first-order valence-corrected chi connectivity index (χ1v) is 7.50. The highest BCUT2D eigenvalue weighted by atomic mass is 32.2. The van der Waals surface area contributed by atoms with Gasteiger partial charge in [0, 0.05) is 7.11 Å². The van der Waals surface area contributed by atoms with Crippen LogP contribution < -0.4 is 0 Å². The topological polar surface area (TPSA) is 61.8 Å². The highest BCUT2D eigenvalue weighted by Gasteiger charge is 2.52. The highest BCUT2D eigenvalue weighted by Crippen LogP contribution is 2.39. The van der Waals surface area contributed by atoms with Crippen LogP contribution in [0.5, 0.6) is 0 Å². The molecule has 1 aliphatic rings. The van der Waals surface area contributed by atoms with Crippen LogP contribution in [0.2, 0.25) is 0 Å². The van der Waals surface area contributed by atoms with E-state index in [9.17, 15) is 8.42 Å². The van der Waals surface area contributed by atoms with E-state index in [-0.39, 0.29) is 5.92 Å². The van der Waals surface area contributed by atoms with Crippen LogP contribution in [0.4, 0.5) is 0 Å². The Bertz CT molecular complexity index is 383. The van der Waals surface area contributed by atoms with Crippen LogP contribution in [0.25, 0.3) is 0 Å². The molecule has 6 heteroatoms. The molecule has 0 bridgehead atoms. The minimum Gasteiger partial charge on any atom is -0.376 e. The van der Waals surface area contributed by atoms with Gasteiger partial charge in [0.1, 0.15) is 12.2 Å². The Kier molecular flexibility index (Phi) is 4.07. The van der Waals surface area contributed by atoms with Crippen molar-refractivity contribution in [3.05, 3.63) is 0 Å². The molecule has 1 saturated heterocycles. The third-order valence-corrected chi connectivity index (χ3v) is 3.84. The van der Waals surface area contributed by atoms with Crippen molar-refractivity contribution in [1.29, 1.82) is 0 Å². The molecule has 1 heterocycles. The largest absolute Gasteiger partial charge is 0.376 e. The zero-order chi connectivity index (χ0) is 14.1. The van der Waals surface area contributed by atoms with E-state index in [0.717, 1.165) is 6.26 Å². The number of hydrogen-bond donors (Lipinski definition) is 0. The first kappa shape index (κ1) is 13.3. The summed E-state index contributed by atoms with van der Waals surface area (Å²) in [5.41, 5.74) is -0.684. The summed E-state index contributed by atoms with van der Waals surface area (Å²) in [5.74, 6) is 0.0912. The zero-order valence-electron chi connectivity index (χ0n) is 12.0. The molecule has 0 aliphatic carbocycles. The van der Waals surface area contributed by atoms with Gasteiger partial charge in [-0.2, -0.15) is 8.42 Å². The fourth-order valence-corrected chi connectivity index (χ4v) is 2.93. The average Bonchev–Trinajstić information content (AvgIpc) is 2.50. The minimum atomic E-state index is -3.65. The van der Waals surface area contributed by atoms with E-state index in [1.54, 1.807) is 0 Å². The Morgan fingerprint density at radius 2 is 2.18 bits per heavy atom. The van der Waals surface area contributed by atoms with Gasteiger partial charge in [0.15, 0.2) is 0 Å². The molecule has 1 aliphatic heterocycles. The molecule has 1 fully saturated rings. The third-order valence-electron chi connectivity index (χ3n) is 3.27. The summed E-state index contributed by atoms with van der Waals surface area (Å²) < 4.78 is 46.4. The van der Waals surface area contributed by atoms with Gasteiger partial charge in [-0.15, -0.1) is 0 Å². The lowest BCUT2D eigenvalue weighted by molar-refractivity contribution is -0.109. The van der Waals surface area contributed by atoms with Crippen LogP contribution in [-0.2, 0) is 23.8 Å². The van der Waals surface area contributed by atoms with Crippen LogP contribution in [-0.4, -0.2) is 46.2 Å². The molecule has 0 aromatic heterocycles. The van der Waals surface area contributed by atoms with Crippen molar-refractivity contribution in [2.24, 2.45) is 5.92 Å². The molecule has 0 aromatic carbocycles. The van der Waals surface area contributed by atoms with E-state index in [1.807, 2.05) is 20.8 Å². The lowest BCUT2D eigenvalue weighted by atomic mass is 9.82. The number of ether oxygens (including phenoxy) is 2. The summed E-state index contributed by atoms with van der Waals surface area (Å²) in [6.07, 6.45) is 0.0997. The monoisotopic (exact) mass is 268 g/mol. The standard InChI is InChI=1S/C11H22O5S/c1-6-11(8(2)3)10(14-4)9(7-15-11)16-17(5,12)13/h8-10H,6-7H2,1-5H3/t9-,10-,11-/m0/s1/i7T/t7-,9-,10-,11-. The smallest absolute Gasteiger partial charge is 0.264 e. The molecule has 0 radical (unpaired) electrons. The van der Waals surface area contributed by atoms with Crippen molar-refractivity contribution in [1.82, 2.24) is 0 Å². The molecule has 4 atom stereocenters. The van der Waals surface area contributed by atoms with Crippen molar-refractivity contribution in [3.63, 3.8) is 0 Å². The number of methoxy groups -OCH3 is 1. The maximum atomic E-state index is 11.2. The first-order valence-electron chi connectivity index (χ1n) is 6.26. The van der Waals surface area contributed by atoms with Gasteiger partial charge in [-0.25, -0.2) is 0 Å². The Hall–Kier alpha value is -0.170. The lowest BCUT2D eigenvalue weighted by Crippen LogP contribution is -2.48. The zero-order valence-corrected chi connectivity index (χ0v) is 11.8. The van der Waals surface area contributed by atoms with Gasteiger partial charge < -0.3 is 9.47 Å². The summed E-state index contributed by atoms with van der Waals surface area (Å²) in [7, 11) is -2.16. The molecule has 102 valence electrons. The molecule has 17 heavy (non-hydrogen) atoms. The van der Waals surface area contributed by atoms with Crippen LogP contribution in [0.15, 0.2) is 0 Å². The van der Waals surface area contributed by atoms with Gasteiger partial charge in [0.25, 0.3) is 10.1 Å². The summed E-state index contributed by atoms with van der Waals surface area (Å²) in [5, 5.41) is 0. The van der Waals surface area contributed by atoms with Crippen LogP contribution in [0.3, 0.4) is 0 Å². The van der Waals surface area contributed by atoms with E-state index >= 15 is 0 Å². The fourth-order valence-electron chi connectivity index (χ4n) is 2.38. The minimum absolute atomic E-state index is 0.0912. The maximum absolute atomic E-state index is 11.2. The third kappa shape index (κ3) is 2.99. The van der Waals surface area contributed by atoms with E-state index in [0.29, 0.717) is 6.42 Å². The molecule has 0 saturated carbocycles. The van der Waals surface area contributed by atoms with Crippen molar-refractivity contribution in [2.45, 2.75) is 45.0 Å². The predicted molar refractivity (Wildman–Crippen MR) is 64.3 cm³/mol. The predicted octanol–water partition coefficient (Wildman–Crippen LogP) is 1.18. The fraction of sp³-hybridized carbons (Fsp3) is 1.00.